The molecule has 0 bridgehead atoms. The number of imide groups is 1. The molecule has 2 aliphatic rings. The molecule has 2 amide bonds. The van der Waals surface area contributed by atoms with Crippen molar-refractivity contribution in [2.75, 3.05) is 4.90 Å². The van der Waals surface area contributed by atoms with Crippen LogP contribution < -0.4 is 4.90 Å². The zero-order valence-corrected chi connectivity index (χ0v) is 11.6. The normalized spacial score (nSPS) is 25.7. The van der Waals surface area contributed by atoms with E-state index in [-0.39, 0.29) is 29.4 Å². The number of amides is 2. The molecule has 2 atom stereocenters. The third kappa shape index (κ3) is 1.83. The first-order chi connectivity index (χ1) is 9.49. The summed E-state index contributed by atoms with van der Waals surface area (Å²) in [6.45, 7) is 3.85. The van der Waals surface area contributed by atoms with E-state index in [1.165, 1.54) is 11.0 Å². The first-order valence-electron chi connectivity index (χ1n) is 6.82. The fourth-order valence-electron chi connectivity index (χ4n) is 3.09. The third-order valence-corrected chi connectivity index (χ3v) is 4.19. The number of nitrogens with zero attached hydrogens (tertiary/aromatic N) is 1. The molecular formula is C16H17NO3. The Kier molecular flexibility index (Phi) is 2.89. The van der Waals surface area contributed by atoms with Crippen molar-refractivity contribution < 1.29 is 14.7 Å². The van der Waals surface area contributed by atoms with Crippen molar-refractivity contribution in [1.29, 1.82) is 0 Å². The summed E-state index contributed by atoms with van der Waals surface area (Å²) in [5.41, 5.74) is 2.37. The molecular weight excluding hydrogens is 254 g/mol. The number of rotatable bonds is 1. The maximum absolute atomic E-state index is 12.5. The van der Waals surface area contributed by atoms with Gasteiger partial charge in [0.1, 0.15) is 5.75 Å². The van der Waals surface area contributed by atoms with E-state index in [9.17, 15) is 14.7 Å². The molecule has 4 nitrogen and oxygen atoms in total. The Bertz CT molecular complexity index is 633. The molecule has 1 aromatic carbocycles. The van der Waals surface area contributed by atoms with Crippen molar-refractivity contribution in [3.63, 3.8) is 0 Å². The van der Waals surface area contributed by atoms with Gasteiger partial charge in [0.05, 0.1) is 17.5 Å². The summed E-state index contributed by atoms with van der Waals surface area (Å²) in [5.74, 6) is -0.947. The Morgan fingerprint density at radius 2 is 1.85 bits per heavy atom. The summed E-state index contributed by atoms with van der Waals surface area (Å²) in [6.07, 6.45) is 3.29. The molecule has 4 heteroatoms. The van der Waals surface area contributed by atoms with Crippen LogP contribution in [0.5, 0.6) is 5.75 Å². The van der Waals surface area contributed by atoms with Crippen LogP contribution in [0.15, 0.2) is 29.8 Å². The van der Waals surface area contributed by atoms with Crippen LogP contribution >= 0.6 is 0 Å². The van der Waals surface area contributed by atoms with Gasteiger partial charge in [-0.3, -0.25) is 9.59 Å². The van der Waals surface area contributed by atoms with Crippen LogP contribution in [0, 0.1) is 18.8 Å². The zero-order chi connectivity index (χ0) is 14.4. The number of allylic oxidation sites excluding steroid dienone is 2. The van der Waals surface area contributed by atoms with Gasteiger partial charge in [-0.2, -0.15) is 0 Å². The van der Waals surface area contributed by atoms with Crippen LogP contribution in [0.1, 0.15) is 25.3 Å². The van der Waals surface area contributed by atoms with Crippen molar-refractivity contribution in [2.24, 2.45) is 11.8 Å². The molecule has 1 N–H and O–H groups in total. The topological polar surface area (TPSA) is 57.6 Å². The van der Waals surface area contributed by atoms with Gasteiger partial charge in [0.15, 0.2) is 0 Å². The Hall–Kier alpha value is -2.10. The number of aromatic hydroxyl groups is 1. The predicted molar refractivity (Wildman–Crippen MR) is 75.3 cm³/mol. The van der Waals surface area contributed by atoms with Gasteiger partial charge < -0.3 is 5.11 Å². The second-order valence-corrected chi connectivity index (χ2v) is 5.71. The summed E-state index contributed by atoms with van der Waals surface area (Å²) < 4.78 is 0. The molecule has 0 spiro atoms. The summed E-state index contributed by atoms with van der Waals surface area (Å²) in [4.78, 5) is 26.2. The second-order valence-electron chi connectivity index (χ2n) is 5.71. The standard InChI is InChI=1S/C16H17NO3/c1-9-3-5-11-12(7-9)16(20)17(15(11)19)13-8-10(2)4-6-14(13)18/h3-4,6,8,11-12,18H,5,7H2,1-2H3/t11-,12-/m0/s1. The number of carbonyl (C=O) groups is 2. The van der Waals surface area contributed by atoms with Gasteiger partial charge in [0.2, 0.25) is 11.8 Å². The smallest absolute Gasteiger partial charge is 0.238 e. The van der Waals surface area contributed by atoms with Crippen LogP contribution in [0.2, 0.25) is 0 Å². The Labute approximate surface area is 117 Å². The maximum Gasteiger partial charge on any atom is 0.238 e. The average Bonchev–Trinajstić information content (AvgIpc) is 2.65. The first kappa shape index (κ1) is 12.9. The van der Waals surface area contributed by atoms with Crippen LogP contribution in [0.3, 0.4) is 0 Å². The van der Waals surface area contributed by atoms with Gasteiger partial charge in [-0.05, 0) is 44.4 Å². The van der Waals surface area contributed by atoms with Gasteiger partial charge in [0.25, 0.3) is 0 Å². The highest BCUT2D eigenvalue weighted by Crippen LogP contribution is 2.42. The lowest BCUT2D eigenvalue weighted by Gasteiger charge is -2.18. The molecule has 104 valence electrons. The van der Waals surface area contributed by atoms with Gasteiger partial charge >= 0.3 is 0 Å². The van der Waals surface area contributed by atoms with Crippen LogP contribution in [0.25, 0.3) is 0 Å². The van der Waals surface area contributed by atoms with E-state index in [0.29, 0.717) is 18.5 Å². The number of carbonyl (C=O) groups excluding carboxylic acids is 2. The number of phenolic OH excluding ortho intramolecular Hbond substituents is 1. The number of phenols is 1. The number of aryl methyl sites for hydroxylation is 1. The van der Waals surface area contributed by atoms with E-state index in [0.717, 1.165) is 11.1 Å². The molecule has 1 saturated heterocycles. The number of benzene rings is 1. The fraction of sp³-hybridized carbons (Fsp3) is 0.375. The van der Waals surface area contributed by atoms with E-state index >= 15 is 0 Å². The molecule has 0 radical (unpaired) electrons. The minimum absolute atomic E-state index is 0.0272. The highest BCUT2D eigenvalue weighted by molar-refractivity contribution is 6.22. The highest BCUT2D eigenvalue weighted by atomic mass is 16.3. The minimum atomic E-state index is -0.272. The zero-order valence-electron chi connectivity index (χ0n) is 11.6. The Morgan fingerprint density at radius 1 is 1.15 bits per heavy atom. The van der Waals surface area contributed by atoms with E-state index in [2.05, 4.69) is 0 Å². The van der Waals surface area contributed by atoms with E-state index < -0.39 is 0 Å². The molecule has 3 rings (SSSR count). The van der Waals surface area contributed by atoms with Crippen molar-refractivity contribution >= 4 is 17.5 Å². The summed E-state index contributed by atoms with van der Waals surface area (Å²) in [5, 5.41) is 9.96. The van der Waals surface area contributed by atoms with E-state index in [1.54, 1.807) is 12.1 Å². The van der Waals surface area contributed by atoms with Crippen LogP contribution in [-0.2, 0) is 9.59 Å². The molecule has 20 heavy (non-hydrogen) atoms. The Morgan fingerprint density at radius 3 is 2.60 bits per heavy atom. The molecule has 0 aromatic heterocycles. The third-order valence-electron chi connectivity index (χ3n) is 4.19. The summed E-state index contributed by atoms with van der Waals surface area (Å²) in [6, 6.07) is 4.96. The lowest BCUT2D eigenvalue weighted by atomic mass is 9.82. The van der Waals surface area contributed by atoms with Crippen molar-refractivity contribution in [3.05, 3.63) is 35.4 Å². The largest absolute Gasteiger partial charge is 0.506 e. The number of fused-ring (bicyclic) bond motifs is 1. The van der Waals surface area contributed by atoms with Crippen molar-refractivity contribution in [3.8, 4) is 5.75 Å². The number of anilines is 1. The molecule has 1 aromatic rings. The van der Waals surface area contributed by atoms with E-state index in [1.807, 2.05) is 19.9 Å². The van der Waals surface area contributed by atoms with Crippen LogP contribution in [0.4, 0.5) is 5.69 Å². The average molecular weight is 271 g/mol. The van der Waals surface area contributed by atoms with Crippen LogP contribution in [-0.4, -0.2) is 16.9 Å². The second kappa shape index (κ2) is 4.47. The first-order valence-corrected chi connectivity index (χ1v) is 6.82. The molecule has 1 aliphatic carbocycles. The lowest BCUT2D eigenvalue weighted by molar-refractivity contribution is -0.122. The molecule has 1 aliphatic heterocycles. The number of hydrogen-bond acceptors (Lipinski definition) is 3. The lowest BCUT2D eigenvalue weighted by Crippen LogP contribution is -2.31. The minimum Gasteiger partial charge on any atom is -0.506 e. The molecule has 1 fully saturated rings. The van der Waals surface area contributed by atoms with Crippen molar-refractivity contribution in [2.45, 2.75) is 26.7 Å². The summed E-state index contributed by atoms with van der Waals surface area (Å²) in [7, 11) is 0. The monoisotopic (exact) mass is 271 g/mol. The highest BCUT2D eigenvalue weighted by Gasteiger charge is 2.49. The summed E-state index contributed by atoms with van der Waals surface area (Å²) >= 11 is 0. The SMILES string of the molecule is CC1=CC[C@@H]2C(=O)N(c3cc(C)ccc3O)C(=O)[C@H]2C1. The molecule has 1 heterocycles. The van der Waals surface area contributed by atoms with E-state index in [4.69, 9.17) is 0 Å². The quantitative estimate of drug-likeness (QED) is 0.631. The van der Waals surface area contributed by atoms with Gasteiger partial charge in [-0.1, -0.05) is 17.7 Å². The van der Waals surface area contributed by atoms with Gasteiger partial charge in [-0.15, -0.1) is 0 Å². The molecule has 0 unspecified atom stereocenters. The Balaban J connectivity index is 2.02. The van der Waals surface area contributed by atoms with Crippen molar-refractivity contribution in [1.82, 2.24) is 0 Å². The number of hydrogen-bond donors (Lipinski definition) is 1. The fourth-order valence-corrected chi connectivity index (χ4v) is 3.09. The van der Waals surface area contributed by atoms with Gasteiger partial charge in [0, 0.05) is 0 Å². The maximum atomic E-state index is 12.5. The van der Waals surface area contributed by atoms with Gasteiger partial charge in [-0.25, -0.2) is 4.90 Å². The predicted octanol–water partition coefficient (Wildman–Crippen LogP) is 2.55. The molecule has 0 saturated carbocycles.